The monoisotopic (exact) mass is 158 g/mol. The van der Waals surface area contributed by atoms with Crippen molar-refractivity contribution in [1.29, 1.82) is 0 Å². The van der Waals surface area contributed by atoms with Gasteiger partial charge in [0.2, 0.25) is 0 Å². The Kier molecular flexibility index (Phi) is 2.77. The summed E-state index contributed by atoms with van der Waals surface area (Å²) in [5, 5.41) is 4.71. The Balaban J connectivity index is 2.59. The SMILES string of the molecule is CSc1cc(CCN)on1. The molecule has 1 heterocycles. The van der Waals surface area contributed by atoms with E-state index >= 15 is 0 Å². The first-order chi connectivity index (χ1) is 4.86. The first-order valence-corrected chi connectivity index (χ1v) is 4.29. The molecule has 0 aliphatic carbocycles. The van der Waals surface area contributed by atoms with Crippen LogP contribution in [0.3, 0.4) is 0 Å². The minimum atomic E-state index is 0.614. The van der Waals surface area contributed by atoms with E-state index in [1.54, 1.807) is 11.8 Å². The van der Waals surface area contributed by atoms with Crippen molar-refractivity contribution in [2.75, 3.05) is 12.8 Å². The van der Waals surface area contributed by atoms with E-state index in [4.69, 9.17) is 10.3 Å². The van der Waals surface area contributed by atoms with E-state index in [1.165, 1.54) is 0 Å². The van der Waals surface area contributed by atoms with Gasteiger partial charge >= 0.3 is 0 Å². The predicted molar refractivity (Wildman–Crippen MR) is 41.0 cm³/mol. The van der Waals surface area contributed by atoms with Crippen LogP contribution in [0.2, 0.25) is 0 Å². The van der Waals surface area contributed by atoms with Crippen LogP contribution in [0.1, 0.15) is 5.76 Å². The van der Waals surface area contributed by atoms with Crippen LogP contribution in [-0.4, -0.2) is 18.0 Å². The lowest BCUT2D eigenvalue weighted by Gasteiger charge is -1.84. The van der Waals surface area contributed by atoms with Crippen molar-refractivity contribution in [3.05, 3.63) is 11.8 Å². The molecule has 4 heteroatoms. The molecule has 0 unspecified atom stereocenters. The molecule has 0 saturated heterocycles. The van der Waals surface area contributed by atoms with Gasteiger partial charge in [-0.1, -0.05) is 5.16 Å². The molecule has 1 rings (SSSR count). The van der Waals surface area contributed by atoms with Crippen LogP contribution in [0.25, 0.3) is 0 Å². The topological polar surface area (TPSA) is 52.0 Å². The number of thioether (sulfide) groups is 1. The summed E-state index contributed by atoms with van der Waals surface area (Å²) in [5.74, 6) is 0.867. The second kappa shape index (κ2) is 3.63. The van der Waals surface area contributed by atoms with Crippen LogP contribution in [-0.2, 0) is 6.42 Å². The summed E-state index contributed by atoms with van der Waals surface area (Å²) in [6, 6.07) is 1.91. The molecule has 0 amide bonds. The van der Waals surface area contributed by atoms with Gasteiger partial charge in [-0.05, 0) is 12.8 Å². The normalized spacial score (nSPS) is 10.2. The fourth-order valence-electron chi connectivity index (χ4n) is 0.650. The molecule has 0 bridgehead atoms. The molecule has 0 aliphatic rings. The van der Waals surface area contributed by atoms with E-state index in [2.05, 4.69) is 5.16 Å². The van der Waals surface area contributed by atoms with Crippen molar-refractivity contribution in [2.24, 2.45) is 5.73 Å². The van der Waals surface area contributed by atoms with Crippen molar-refractivity contribution < 1.29 is 4.52 Å². The summed E-state index contributed by atoms with van der Waals surface area (Å²) >= 11 is 1.57. The fourth-order valence-corrected chi connectivity index (χ4v) is 1.01. The van der Waals surface area contributed by atoms with E-state index in [9.17, 15) is 0 Å². The van der Waals surface area contributed by atoms with Gasteiger partial charge in [0, 0.05) is 12.5 Å². The van der Waals surface area contributed by atoms with Gasteiger partial charge in [-0.2, -0.15) is 0 Å². The van der Waals surface area contributed by atoms with Crippen molar-refractivity contribution in [3.8, 4) is 0 Å². The Morgan fingerprint density at radius 2 is 2.60 bits per heavy atom. The summed E-state index contributed by atoms with van der Waals surface area (Å²) in [6.45, 7) is 0.614. The molecular formula is C6H10N2OS. The third kappa shape index (κ3) is 1.75. The Labute approximate surface area is 64.0 Å². The standard InChI is InChI=1S/C6H10N2OS/c1-10-6-4-5(2-3-7)9-8-6/h4H,2-3,7H2,1H3. The maximum atomic E-state index is 5.32. The second-order valence-electron chi connectivity index (χ2n) is 1.87. The fraction of sp³-hybridized carbons (Fsp3) is 0.500. The third-order valence-corrected chi connectivity index (χ3v) is 1.75. The van der Waals surface area contributed by atoms with Gasteiger partial charge in [-0.25, -0.2) is 0 Å². The van der Waals surface area contributed by atoms with Gasteiger partial charge in [0.15, 0.2) is 0 Å². The van der Waals surface area contributed by atoms with E-state index in [0.717, 1.165) is 17.2 Å². The number of hydrogen-bond acceptors (Lipinski definition) is 4. The zero-order valence-electron chi connectivity index (χ0n) is 5.83. The number of rotatable bonds is 3. The minimum absolute atomic E-state index is 0.614. The molecule has 0 aromatic carbocycles. The lowest BCUT2D eigenvalue weighted by Crippen LogP contribution is -2.01. The molecule has 0 radical (unpaired) electrons. The molecule has 1 aromatic heterocycles. The molecule has 0 fully saturated rings. The zero-order valence-corrected chi connectivity index (χ0v) is 6.65. The maximum absolute atomic E-state index is 5.32. The summed E-state index contributed by atoms with van der Waals surface area (Å²) in [7, 11) is 0. The molecule has 3 nitrogen and oxygen atoms in total. The highest BCUT2D eigenvalue weighted by molar-refractivity contribution is 7.98. The Morgan fingerprint density at radius 1 is 1.80 bits per heavy atom. The van der Waals surface area contributed by atoms with E-state index in [1.807, 2.05) is 12.3 Å². The Morgan fingerprint density at radius 3 is 3.10 bits per heavy atom. The van der Waals surface area contributed by atoms with Crippen molar-refractivity contribution in [2.45, 2.75) is 11.4 Å². The smallest absolute Gasteiger partial charge is 0.139 e. The average Bonchev–Trinajstić information content (AvgIpc) is 2.37. The Hall–Kier alpha value is -0.480. The lowest BCUT2D eigenvalue weighted by atomic mass is 10.3. The first kappa shape index (κ1) is 7.63. The molecule has 0 atom stereocenters. The number of hydrogen-bond donors (Lipinski definition) is 1. The second-order valence-corrected chi connectivity index (χ2v) is 2.70. The number of nitrogens with two attached hydrogens (primary N) is 1. The van der Waals surface area contributed by atoms with E-state index < -0.39 is 0 Å². The Bertz CT molecular complexity index is 199. The number of aromatic nitrogens is 1. The molecule has 1 aromatic rings. The predicted octanol–water partition coefficient (Wildman–Crippen LogP) is 0.898. The molecule has 0 spiro atoms. The van der Waals surface area contributed by atoms with E-state index in [0.29, 0.717) is 6.54 Å². The quantitative estimate of drug-likeness (QED) is 0.664. The van der Waals surface area contributed by atoms with Gasteiger partial charge in [0.05, 0.1) is 0 Å². The highest BCUT2D eigenvalue weighted by Crippen LogP contribution is 2.13. The maximum Gasteiger partial charge on any atom is 0.139 e. The van der Waals surface area contributed by atoms with Crippen molar-refractivity contribution in [3.63, 3.8) is 0 Å². The zero-order chi connectivity index (χ0) is 7.40. The van der Waals surface area contributed by atoms with Gasteiger partial charge < -0.3 is 10.3 Å². The summed E-state index contributed by atoms with van der Waals surface area (Å²) in [4.78, 5) is 0. The minimum Gasteiger partial charge on any atom is -0.360 e. The first-order valence-electron chi connectivity index (χ1n) is 3.06. The van der Waals surface area contributed by atoms with Crippen molar-refractivity contribution in [1.82, 2.24) is 5.16 Å². The summed E-state index contributed by atoms with van der Waals surface area (Å²) in [5.41, 5.74) is 5.32. The van der Waals surface area contributed by atoms with Crippen LogP contribution in [0.4, 0.5) is 0 Å². The lowest BCUT2D eigenvalue weighted by molar-refractivity contribution is 0.372. The van der Waals surface area contributed by atoms with Gasteiger partial charge in [0.25, 0.3) is 0 Å². The van der Waals surface area contributed by atoms with Crippen LogP contribution in [0.5, 0.6) is 0 Å². The van der Waals surface area contributed by atoms with Gasteiger partial charge in [-0.15, -0.1) is 11.8 Å². The largest absolute Gasteiger partial charge is 0.360 e. The summed E-state index contributed by atoms with van der Waals surface area (Å²) < 4.78 is 4.95. The molecular weight excluding hydrogens is 148 g/mol. The molecule has 2 N–H and O–H groups in total. The molecule has 0 aliphatic heterocycles. The van der Waals surface area contributed by atoms with E-state index in [-0.39, 0.29) is 0 Å². The van der Waals surface area contributed by atoms with Gasteiger partial charge in [0.1, 0.15) is 10.8 Å². The molecule has 0 saturated carbocycles. The molecule has 56 valence electrons. The summed E-state index contributed by atoms with van der Waals surface area (Å²) in [6.07, 6.45) is 2.73. The van der Waals surface area contributed by atoms with Crippen molar-refractivity contribution >= 4 is 11.8 Å². The van der Waals surface area contributed by atoms with Gasteiger partial charge in [-0.3, -0.25) is 0 Å². The van der Waals surface area contributed by atoms with Crippen LogP contribution in [0.15, 0.2) is 15.6 Å². The molecule has 10 heavy (non-hydrogen) atoms. The average molecular weight is 158 g/mol. The highest BCUT2D eigenvalue weighted by atomic mass is 32.2. The highest BCUT2D eigenvalue weighted by Gasteiger charge is 1.99. The van der Waals surface area contributed by atoms with Crippen LogP contribution >= 0.6 is 11.8 Å². The van der Waals surface area contributed by atoms with Crippen LogP contribution < -0.4 is 5.73 Å². The number of nitrogens with zero attached hydrogens (tertiary/aromatic N) is 1. The van der Waals surface area contributed by atoms with Crippen LogP contribution in [0, 0.1) is 0 Å². The third-order valence-electron chi connectivity index (χ3n) is 1.14.